The lowest BCUT2D eigenvalue weighted by Crippen LogP contribution is -2.32. The predicted molar refractivity (Wildman–Crippen MR) is 86.5 cm³/mol. The molecule has 0 aliphatic carbocycles. The highest BCUT2D eigenvalue weighted by atomic mass is 79.9. The lowest BCUT2D eigenvalue weighted by atomic mass is 10.1. The van der Waals surface area contributed by atoms with E-state index in [0.29, 0.717) is 16.4 Å². The van der Waals surface area contributed by atoms with Crippen LogP contribution in [-0.2, 0) is 19.2 Å². The molecule has 1 saturated heterocycles. The lowest BCUT2D eigenvalue weighted by Gasteiger charge is -2.13. The van der Waals surface area contributed by atoms with Crippen molar-refractivity contribution < 1.29 is 28.8 Å². The molecule has 1 aromatic rings. The Morgan fingerprint density at radius 2 is 1.75 bits per heavy atom. The number of ether oxygens (including phenoxy) is 1. The van der Waals surface area contributed by atoms with E-state index in [1.54, 1.807) is 24.3 Å². The van der Waals surface area contributed by atoms with Crippen LogP contribution in [0.3, 0.4) is 0 Å². The van der Waals surface area contributed by atoms with Gasteiger partial charge >= 0.3 is 5.97 Å². The quantitative estimate of drug-likeness (QED) is 0.397. The van der Waals surface area contributed by atoms with Crippen molar-refractivity contribution >= 4 is 39.5 Å². The van der Waals surface area contributed by atoms with Crippen LogP contribution in [-0.4, -0.2) is 40.6 Å². The average Bonchev–Trinajstić information content (AvgIpc) is 2.91. The lowest BCUT2D eigenvalue weighted by molar-refractivity contribution is -0.197. The summed E-state index contributed by atoms with van der Waals surface area (Å²) in [6.45, 7) is 0. The van der Waals surface area contributed by atoms with Gasteiger partial charge in [0.1, 0.15) is 5.75 Å². The average molecular weight is 398 g/mol. The smallest absolute Gasteiger partial charge is 0.333 e. The second-order valence-corrected chi connectivity index (χ2v) is 6.25. The van der Waals surface area contributed by atoms with Crippen LogP contribution in [0.5, 0.6) is 5.75 Å². The molecule has 7 nitrogen and oxygen atoms in total. The molecule has 0 spiro atoms. The van der Waals surface area contributed by atoms with Crippen molar-refractivity contribution in [1.29, 1.82) is 0 Å². The summed E-state index contributed by atoms with van der Waals surface area (Å²) in [5.41, 5.74) is 0.482. The number of hydrogen-bond acceptors (Lipinski definition) is 6. The molecule has 24 heavy (non-hydrogen) atoms. The number of nitrogens with zero attached hydrogens (tertiary/aromatic N) is 1. The minimum Gasteiger partial charge on any atom is -0.497 e. The maximum atomic E-state index is 12.2. The summed E-state index contributed by atoms with van der Waals surface area (Å²) in [7, 11) is 1.53. The number of methoxy groups -OCH3 is 1. The molecule has 1 fully saturated rings. The first kappa shape index (κ1) is 18.1. The molecular weight excluding hydrogens is 382 g/mol. The van der Waals surface area contributed by atoms with Crippen LogP contribution >= 0.6 is 15.9 Å². The topological polar surface area (TPSA) is 90.0 Å². The molecule has 0 bridgehead atoms. The molecule has 0 radical (unpaired) electrons. The fourth-order valence-corrected chi connectivity index (χ4v) is 2.61. The standard InChI is InChI=1S/C16H16BrNO6/c1-23-11-4-2-10(3-5-11)16(22)12(17)6-9-15(21)24-18-13(19)7-8-14(18)20/h2-5,12H,6-9H2,1H3. The number of Topliss-reactive ketones (excluding diaryl/α,β-unsaturated/α-hetero) is 1. The number of ketones is 1. The fraction of sp³-hybridized carbons (Fsp3) is 0.375. The van der Waals surface area contributed by atoms with E-state index in [9.17, 15) is 19.2 Å². The van der Waals surface area contributed by atoms with Crippen molar-refractivity contribution in [3.63, 3.8) is 0 Å². The van der Waals surface area contributed by atoms with Gasteiger partial charge in [-0.05, 0) is 30.7 Å². The summed E-state index contributed by atoms with van der Waals surface area (Å²) in [4.78, 5) is 50.9. The number of hydrogen-bond donors (Lipinski definition) is 0. The minimum absolute atomic E-state index is 0.0448. The second kappa shape index (κ2) is 8.05. The zero-order valence-electron chi connectivity index (χ0n) is 13.0. The number of hydroxylamine groups is 2. The Morgan fingerprint density at radius 1 is 1.17 bits per heavy atom. The van der Waals surface area contributed by atoms with Crippen LogP contribution in [0, 0.1) is 0 Å². The van der Waals surface area contributed by atoms with E-state index >= 15 is 0 Å². The third-order valence-corrected chi connectivity index (χ3v) is 4.33. The molecule has 1 aromatic carbocycles. The predicted octanol–water partition coefficient (Wildman–Crippen LogP) is 2.03. The highest BCUT2D eigenvalue weighted by Crippen LogP contribution is 2.19. The fourth-order valence-electron chi connectivity index (χ4n) is 2.12. The third-order valence-electron chi connectivity index (χ3n) is 3.46. The van der Waals surface area contributed by atoms with Gasteiger partial charge in [0.2, 0.25) is 0 Å². The Hall–Kier alpha value is -2.22. The maximum Gasteiger partial charge on any atom is 0.333 e. The number of alkyl halides is 1. The zero-order chi connectivity index (χ0) is 17.7. The molecule has 1 aliphatic heterocycles. The van der Waals surface area contributed by atoms with Crippen LogP contribution in [0.25, 0.3) is 0 Å². The van der Waals surface area contributed by atoms with Crippen LogP contribution in [0.1, 0.15) is 36.0 Å². The van der Waals surface area contributed by atoms with E-state index in [4.69, 9.17) is 9.57 Å². The summed E-state index contributed by atoms with van der Waals surface area (Å²) in [6, 6.07) is 6.61. The van der Waals surface area contributed by atoms with Gasteiger partial charge in [0.25, 0.3) is 11.8 Å². The van der Waals surface area contributed by atoms with Crippen molar-refractivity contribution in [2.24, 2.45) is 0 Å². The van der Waals surface area contributed by atoms with Crippen LogP contribution in [0.15, 0.2) is 24.3 Å². The first-order chi connectivity index (χ1) is 11.4. The first-order valence-electron chi connectivity index (χ1n) is 7.31. The summed E-state index contributed by atoms with van der Waals surface area (Å²) >= 11 is 3.24. The summed E-state index contributed by atoms with van der Waals surface area (Å²) in [6.07, 6.45) is 0.168. The number of amides is 2. The highest BCUT2D eigenvalue weighted by molar-refractivity contribution is 9.10. The van der Waals surface area contributed by atoms with E-state index in [-0.39, 0.29) is 31.5 Å². The van der Waals surface area contributed by atoms with Gasteiger partial charge in [-0.1, -0.05) is 15.9 Å². The molecule has 1 aliphatic rings. The van der Waals surface area contributed by atoms with Crippen molar-refractivity contribution in [3.8, 4) is 5.75 Å². The van der Waals surface area contributed by atoms with Gasteiger partial charge in [-0.3, -0.25) is 14.4 Å². The molecule has 0 aromatic heterocycles. The summed E-state index contributed by atoms with van der Waals surface area (Å²) < 4.78 is 5.03. The van der Waals surface area contributed by atoms with E-state index in [0.717, 1.165) is 0 Å². The number of halogens is 1. The summed E-state index contributed by atoms with van der Waals surface area (Å²) in [5.74, 6) is -1.33. The van der Waals surface area contributed by atoms with Gasteiger partial charge in [-0.25, -0.2) is 4.79 Å². The van der Waals surface area contributed by atoms with E-state index < -0.39 is 22.6 Å². The third kappa shape index (κ3) is 4.41. The van der Waals surface area contributed by atoms with Crippen LogP contribution < -0.4 is 4.74 Å². The number of benzene rings is 1. The molecule has 128 valence electrons. The van der Waals surface area contributed by atoms with E-state index in [2.05, 4.69) is 15.9 Å². The zero-order valence-corrected chi connectivity index (χ0v) is 14.6. The Morgan fingerprint density at radius 3 is 2.29 bits per heavy atom. The van der Waals surface area contributed by atoms with Gasteiger partial charge in [-0.2, -0.15) is 0 Å². The Kier molecular flexibility index (Phi) is 6.08. The summed E-state index contributed by atoms with van der Waals surface area (Å²) in [5, 5.41) is 0.497. The Balaban J connectivity index is 1.84. The SMILES string of the molecule is COc1ccc(C(=O)C(Br)CCC(=O)ON2C(=O)CCC2=O)cc1. The Bertz CT molecular complexity index is 641. The molecule has 8 heteroatoms. The monoisotopic (exact) mass is 397 g/mol. The largest absolute Gasteiger partial charge is 0.497 e. The van der Waals surface area contributed by atoms with Crippen LogP contribution in [0.4, 0.5) is 0 Å². The molecule has 0 N–H and O–H groups in total. The van der Waals surface area contributed by atoms with Gasteiger partial charge in [0.15, 0.2) is 5.78 Å². The maximum absolute atomic E-state index is 12.2. The van der Waals surface area contributed by atoms with Crippen molar-refractivity contribution in [1.82, 2.24) is 5.06 Å². The molecule has 1 unspecified atom stereocenters. The van der Waals surface area contributed by atoms with Crippen molar-refractivity contribution in [2.75, 3.05) is 7.11 Å². The van der Waals surface area contributed by atoms with Gasteiger partial charge in [-0.15, -0.1) is 5.06 Å². The number of carbonyl (C=O) groups excluding carboxylic acids is 4. The molecule has 0 saturated carbocycles. The molecule has 2 amide bonds. The second-order valence-electron chi connectivity index (χ2n) is 5.14. The highest BCUT2D eigenvalue weighted by Gasteiger charge is 2.33. The molecule has 1 heterocycles. The van der Waals surface area contributed by atoms with Gasteiger partial charge in [0.05, 0.1) is 11.9 Å². The first-order valence-corrected chi connectivity index (χ1v) is 8.23. The van der Waals surface area contributed by atoms with Crippen molar-refractivity contribution in [2.45, 2.75) is 30.5 Å². The van der Waals surface area contributed by atoms with Crippen molar-refractivity contribution in [3.05, 3.63) is 29.8 Å². The molecular formula is C16H16BrNO6. The Labute approximate surface area is 147 Å². The van der Waals surface area contributed by atoms with E-state index in [1.807, 2.05) is 0 Å². The van der Waals surface area contributed by atoms with E-state index in [1.165, 1.54) is 7.11 Å². The normalized spacial score (nSPS) is 15.3. The number of imide groups is 1. The van der Waals surface area contributed by atoms with Gasteiger partial charge < -0.3 is 9.57 Å². The number of rotatable bonds is 7. The van der Waals surface area contributed by atoms with Gasteiger partial charge in [0, 0.05) is 24.8 Å². The molecule has 2 rings (SSSR count). The molecule has 1 atom stereocenters. The minimum atomic E-state index is -0.731. The number of carbonyl (C=O) groups is 4. The van der Waals surface area contributed by atoms with Crippen LogP contribution in [0.2, 0.25) is 0 Å².